The Morgan fingerprint density at radius 2 is 1.90 bits per heavy atom. The van der Waals surface area contributed by atoms with E-state index in [9.17, 15) is 19.8 Å². The highest BCUT2D eigenvalue weighted by Gasteiger charge is 2.93. The molecule has 7 rings (SSSR count). The summed E-state index contributed by atoms with van der Waals surface area (Å²) in [4.78, 5) is 27.5. The summed E-state index contributed by atoms with van der Waals surface area (Å²) in [6.07, 6.45) is 0.987. The summed E-state index contributed by atoms with van der Waals surface area (Å²) in [5.41, 5.74) is -1.47. The molecule has 0 aromatic heterocycles. The van der Waals surface area contributed by atoms with E-state index in [1.807, 2.05) is 0 Å². The Morgan fingerprint density at radius 1 is 1.23 bits per heavy atom. The van der Waals surface area contributed by atoms with Gasteiger partial charge in [-0.15, -0.1) is 0 Å². The molecule has 10 atom stereocenters. The molecule has 7 fully saturated rings. The molecule has 2 heterocycles. The molecule has 6 nitrogen and oxygen atoms in total. The van der Waals surface area contributed by atoms with Crippen LogP contribution in [0.3, 0.4) is 0 Å². The quantitative estimate of drug-likeness (QED) is 0.348. The Morgan fingerprint density at radius 3 is 2.55 bits per heavy atom. The van der Waals surface area contributed by atoms with Gasteiger partial charge < -0.3 is 19.7 Å². The first-order valence-electron chi connectivity index (χ1n) is 11.4. The molecule has 5 saturated carbocycles. The summed E-state index contributed by atoms with van der Waals surface area (Å²) < 4.78 is 12.6. The Labute approximate surface area is 190 Å². The van der Waals surface area contributed by atoms with Crippen molar-refractivity contribution in [1.29, 1.82) is 0 Å². The lowest BCUT2D eigenvalue weighted by Crippen LogP contribution is -2.93. The standard InChI is InChI=1S/C24H31BrO6/c1-10-11-6-7-13-22-9-30-24(31-21(4,5)29,23(13)15(11)14(10)18(23)27)19(28)16(22)20(2,3)8-12(25)17(22)26/h11-16,19,28-29H,1,6-9H2,2-5H3/t11-,12?,13-,14?,15-,16+,19-,22-,23+,24-/m0/s1. The molecule has 0 amide bonds. The van der Waals surface area contributed by atoms with Crippen molar-refractivity contribution in [1.82, 2.24) is 0 Å². The maximum absolute atomic E-state index is 13.9. The smallest absolute Gasteiger partial charge is 0.211 e. The van der Waals surface area contributed by atoms with Gasteiger partial charge in [-0.05, 0) is 56.3 Å². The third kappa shape index (κ3) is 1.91. The number of carbonyl (C=O) groups excluding carboxylic acids is 2. The molecule has 2 N–H and O–H groups in total. The second-order valence-corrected chi connectivity index (χ2v) is 13.1. The maximum atomic E-state index is 13.9. The van der Waals surface area contributed by atoms with Crippen LogP contribution in [0.2, 0.25) is 0 Å². The van der Waals surface area contributed by atoms with Crippen LogP contribution in [0.4, 0.5) is 0 Å². The summed E-state index contributed by atoms with van der Waals surface area (Å²) in [5.74, 6) is -4.04. The average Bonchev–Trinajstić information content (AvgIpc) is 2.63. The molecule has 5 aliphatic carbocycles. The number of hydrogen-bond acceptors (Lipinski definition) is 6. The van der Waals surface area contributed by atoms with E-state index in [2.05, 4.69) is 36.4 Å². The molecule has 0 aromatic rings. The van der Waals surface area contributed by atoms with E-state index in [4.69, 9.17) is 9.47 Å². The van der Waals surface area contributed by atoms with Crippen LogP contribution >= 0.6 is 15.9 Å². The molecule has 2 saturated heterocycles. The van der Waals surface area contributed by atoms with Crippen LogP contribution in [-0.2, 0) is 19.1 Å². The summed E-state index contributed by atoms with van der Waals surface area (Å²) in [6, 6.07) is 0. The minimum Gasteiger partial charge on any atom is -0.387 e. The molecule has 7 aliphatic rings. The third-order valence-corrected chi connectivity index (χ3v) is 10.6. The van der Waals surface area contributed by atoms with Crippen molar-refractivity contribution in [3.05, 3.63) is 12.2 Å². The number of allylic oxidation sites excluding steroid dienone is 1. The fourth-order valence-electron chi connectivity index (χ4n) is 9.32. The van der Waals surface area contributed by atoms with Crippen molar-refractivity contribution in [3.63, 3.8) is 0 Å². The number of Topliss-reactive ketones (excluding diaryl/α,β-unsaturated/α-hetero) is 2. The molecular formula is C24H31BrO6. The predicted molar refractivity (Wildman–Crippen MR) is 114 cm³/mol. The van der Waals surface area contributed by atoms with Gasteiger partial charge in [0.2, 0.25) is 5.79 Å². The SMILES string of the molecule is C=C1C2C(=O)[C@]34[C@H]2[C@H]1CC[C@H]3[C@@]12CO[C@]4(OC(C)(C)O)[C@@H](O)[C@@H]1C(C)(C)CC(Br)C2=O. The molecule has 0 radical (unpaired) electrons. The number of ketones is 2. The first-order chi connectivity index (χ1) is 14.3. The van der Waals surface area contributed by atoms with Crippen molar-refractivity contribution in [2.24, 2.45) is 45.8 Å². The zero-order chi connectivity index (χ0) is 22.5. The molecule has 7 heteroatoms. The molecule has 170 valence electrons. The van der Waals surface area contributed by atoms with Crippen LogP contribution < -0.4 is 0 Å². The van der Waals surface area contributed by atoms with Crippen molar-refractivity contribution in [2.45, 2.75) is 69.5 Å². The fourth-order valence-corrected chi connectivity index (χ4v) is 10.6. The number of aliphatic hydroxyl groups is 2. The van der Waals surface area contributed by atoms with Crippen molar-refractivity contribution in [2.75, 3.05) is 6.61 Å². The Bertz CT molecular complexity index is 937. The first kappa shape index (κ1) is 21.0. The highest BCUT2D eigenvalue weighted by atomic mass is 79.9. The molecule has 2 spiro atoms. The summed E-state index contributed by atoms with van der Waals surface area (Å²) in [5, 5.41) is 22.7. The van der Waals surface area contributed by atoms with Gasteiger partial charge >= 0.3 is 0 Å². The maximum Gasteiger partial charge on any atom is 0.211 e. The van der Waals surface area contributed by atoms with Gasteiger partial charge in [0.15, 0.2) is 17.4 Å². The van der Waals surface area contributed by atoms with E-state index >= 15 is 0 Å². The zero-order valence-corrected chi connectivity index (χ0v) is 20.1. The number of carbonyl (C=O) groups is 2. The van der Waals surface area contributed by atoms with Gasteiger partial charge in [-0.2, -0.15) is 0 Å². The lowest BCUT2D eigenvalue weighted by Gasteiger charge is -2.83. The number of fused-ring (bicyclic) bond motifs is 1. The van der Waals surface area contributed by atoms with Crippen molar-refractivity contribution in [3.8, 4) is 0 Å². The molecular weight excluding hydrogens is 464 g/mol. The van der Waals surface area contributed by atoms with Crippen LogP contribution in [0.1, 0.15) is 47.0 Å². The summed E-state index contributed by atoms with van der Waals surface area (Å²) in [6.45, 7) is 11.4. The largest absolute Gasteiger partial charge is 0.387 e. The second-order valence-electron chi connectivity index (χ2n) is 12.0. The van der Waals surface area contributed by atoms with Crippen LogP contribution in [-0.4, -0.2) is 50.9 Å². The number of halogens is 1. The van der Waals surface area contributed by atoms with Crippen LogP contribution in [0.15, 0.2) is 12.2 Å². The second kappa shape index (κ2) is 5.54. The Balaban J connectivity index is 1.63. The van der Waals surface area contributed by atoms with E-state index in [1.165, 1.54) is 13.8 Å². The van der Waals surface area contributed by atoms with E-state index in [0.29, 0.717) is 12.8 Å². The Hall–Kier alpha value is -0.600. The van der Waals surface area contributed by atoms with Crippen LogP contribution in [0, 0.1) is 45.8 Å². The van der Waals surface area contributed by atoms with E-state index in [-0.39, 0.29) is 52.1 Å². The average molecular weight is 495 g/mol. The van der Waals surface area contributed by atoms with Gasteiger partial charge in [0.1, 0.15) is 6.10 Å². The van der Waals surface area contributed by atoms with Crippen molar-refractivity contribution >= 4 is 27.5 Å². The molecule has 2 aliphatic heterocycles. The number of rotatable bonds is 2. The normalized spacial score (nSPS) is 56.2. The van der Waals surface area contributed by atoms with Gasteiger partial charge in [0.25, 0.3) is 0 Å². The Kier molecular flexibility index (Phi) is 3.75. The number of aliphatic hydroxyl groups excluding tert-OH is 1. The van der Waals surface area contributed by atoms with Gasteiger partial charge in [-0.25, -0.2) is 0 Å². The van der Waals surface area contributed by atoms with Crippen molar-refractivity contribution < 1.29 is 29.3 Å². The minimum absolute atomic E-state index is 0.0217. The number of alkyl halides is 1. The van der Waals surface area contributed by atoms with Gasteiger partial charge in [0, 0.05) is 11.8 Å². The highest BCUT2D eigenvalue weighted by molar-refractivity contribution is 9.10. The monoisotopic (exact) mass is 494 g/mol. The van der Waals surface area contributed by atoms with Gasteiger partial charge in [-0.3, -0.25) is 9.59 Å². The van der Waals surface area contributed by atoms with E-state index < -0.39 is 34.4 Å². The topological polar surface area (TPSA) is 93.1 Å². The van der Waals surface area contributed by atoms with Gasteiger partial charge in [-0.1, -0.05) is 41.9 Å². The van der Waals surface area contributed by atoms with Crippen LogP contribution in [0.25, 0.3) is 0 Å². The molecule has 2 bridgehead atoms. The lowest BCUT2D eigenvalue weighted by molar-refractivity contribution is -0.494. The summed E-state index contributed by atoms with van der Waals surface area (Å²) >= 11 is 3.62. The van der Waals surface area contributed by atoms with E-state index in [0.717, 1.165) is 12.0 Å². The van der Waals surface area contributed by atoms with Crippen LogP contribution in [0.5, 0.6) is 0 Å². The molecule has 0 aromatic carbocycles. The number of hydrogen-bond donors (Lipinski definition) is 2. The fraction of sp³-hybridized carbons (Fsp3) is 0.833. The molecule has 2 unspecified atom stereocenters. The highest BCUT2D eigenvalue weighted by Crippen LogP contribution is 2.84. The number of ether oxygens (including phenoxy) is 2. The lowest BCUT2D eigenvalue weighted by atomic mass is 9.23. The summed E-state index contributed by atoms with van der Waals surface area (Å²) in [7, 11) is 0. The predicted octanol–water partition coefficient (Wildman–Crippen LogP) is 2.60. The minimum atomic E-state index is -1.66. The van der Waals surface area contributed by atoms with Gasteiger partial charge in [0.05, 0.1) is 22.3 Å². The molecule has 31 heavy (non-hydrogen) atoms. The van der Waals surface area contributed by atoms with E-state index in [1.54, 1.807) is 0 Å². The zero-order valence-electron chi connectivity index (χ0n) is 18.5. The first-order valence-corrected chi connectivity index (χ1v) is 12.3. The third-order valence-electron chi connectivity index (χ3n) is 9.88.